The van der Waals surface area contributed by atoms with Crippen molar-refractivity contribution in [2.75, 3.05) is 14.1 Å². The number of hydrogen-bond acceptors (Lipinski definition) is 2. The van der Waals surface area contributed by atoms with E-state index in [0.717, 1.165) is 11.3 Å². The van der Waals surface area contributed by atoms with Crippen LogP contribution in [0, 0.1) is 5.92 Å². The molecule has 0 N–H and O–H groups in total. The lowest BCUT2D eigenvalue weighted by atomic mass is 9.76. The molecule has 2 fully saturated rings. The van der Waals surface area contributed by atoms with Gasteiger partial charge in [0.15, 0.2) is 0 Å². The summed E-state index contributed by atoms with van der Waals surface area (Å²) in [6.07, 6.45) is 4.47. The number of carbonyl (C=O) groups excluding carboxylic acids is 2. The van der Waals surface area contributed by atoms with Gasteiger partial charge in [0, 0.05) is 31.2 Å². The SMILES string of the molecule is CN1C(=O)C2C(c3ccccc3)C(=O)N(C)C23C=C(Cl)CC=C13. The number of nitrogens with zero attached hydrogens (tertiary/aromatic N) is 2. The van der Waals surface area contributed by atoms with E-state index in [0.29, 0.717) is 11.5 Å². The Bertz CT molecular complexity index is 770. The number of allylic oxidation sites excluding steroid dienone is 2. The molecule has 2 heterocycles. The maximum absolute atomic E-state index is 13.0. The fourth-order valence-electron chi connectivity index (χ4n) is 4.30. The molecule has 1 aromatic carbocycles. The van der Waals surface area contributed by atoms with Crippen molar-refractivity contribution < 1.29 is 9.59 Å². The van der Waals surface area contributed by atoms with Crippen molar-refractivity contribution in [3.8, 4) is 0 Å². The fourth-order valence-corrected chi connectivity index (χ4v) is 4.55. The van der Waals surface area contributed by atoms with Gasteiger partial charge in [-0.1, -0.05) is 48.0 Å². The summed E-state index contributed by atoms with van der Waals surface area (Å²) < 4.78 is 0. The lowest BCUT2D eigenvalue weighted by Crippen LogP contribution is -2.46. The minimum atomic E-state index is -0.751. The second-order valence-electron chi connectivity index (χ2n) is 6.37. The Morgan fingerprint density at radius 3 is 2.52 bits per heavy atom. The number of hydrogen-bond donors (Lipinski definition) is 0. The first-order valence-corrected chi connectivity index (χ1v) is 8.04. The summed E-state index contributed by atoms with van der Waals surface area (Å²) in [5, 5.41) is 0.676. The third-order valence-electron chi connectivity index (χ3n) is 5.35. The average Bonchev–Trinajstić information content (AvgIpc) is 2.89. The molecule has 0 radical (unpaired) electrons. The van der Waals surface area contributed by atoms with Crippen molar-refractivity contribution in [1.82, 2.24) is 9.80 Å². The van der Waals surface area contributed by atoms with Crippen molar-refractivity contribution in [2.45, 2.75) is 17.9 Å². The topological polar surface area (TPSA) is 40.6 Å². The van der Waals surface area contributed by atoms with E-state index in [2.05, 4.69) is 0 Å². The Hall–Kier alpha value is -2.07. The number of halogens is 1. The summed E-state index contributed by atoms with van der Waals surface area (Å²) in [4.78, 5) is 29.3. The van der Waals surface area contributed by atoms with Crippen LogP contribution in [0.3, 0.4) is 0 Å². The van der Waals surface area contributed by atoms with E-state index in [9.17, 15) is 9.59 Å². The van der Waals surface area contributed by atoms with Gasteiger partial charge in [-0.3, -0.25) is 9.59 Å². The molecule has 4 nitrogen and oxygen atoms in total. The van der Waals surface area contributed by atoms with Gasteiger partial charge in [-0.15, -0.1) is 0 Å². The zero-order valence-corrected chi connectivity index (χ0v) is 13.7. The molecular formula is C18H17ClN2O2. The minimum absolute atomic E-state index is 0.0228. The molecule has 0 aromatic heterocycles. The number of amides is 2. The van der Waals surface area contributed by atoms with Crippen molar-refractivity contribution in [3.63, 3.8) is 0 Å². The average molecular weight is 329 g/mol. The molecule has 3 atom stereocenters. The van der Waals surface area contributed by atoms with E-state index in [1.165, 1.54) is 0 Å². The lowest BCUT2D eigenvalue weighted by molar-refractivity contribution is -0.133. The molecule has 5 heteroatoms. The van der Waals surface area contributed by atoms with Crippen LogP contribution in [0.1, 0.15) is 17.9 Å². The summed E-state index contributed by atoms with van der Waals surface area (Å²) >= 11 is 6.30. The van der Waals surface area contributed by atoms with Gasteiger partial charge in [-0.25, -0.2) is 0 Å². The molecular weight excluding hydrogens is 312 g/mol. The highest BCUT2D eigenvalue weighted by atomic mass is 35.5. The predicted octanol–water partition coefficient (Wildman–Crippen LogP) is 2.48. The summed E-state index contributed by atoms with van der Waals surface area (Å²) in [6, 6.07) is 9.54. The first-order valence-electron chi connectivity index (χ1n) is 7.66. The lowest BCUT2D eigenvalue weighted by Gasteiger charge is -2.36. The normalized spacial score (nSPS) is 32.7. The Morgan fingerprint density at radius 2 is 1.83 bits per heavy atom. The highest BCUT2D eigenvalue weighted by molar-refractivity contribution is 6.30. The van der Waals surface area contributed by atoms with Crippen molar-refractivity contribution in [3.05, 3.63) is 58.8 Å². The Morgan fingerprint density at radius 1 is 1.13 bits per heavy atom. The first-order chi connectivity index (χ1) is 11.0. The van der Waals surface area contributed by atoms with Gasteiger partial charge in [-0.2, -0.15) is 0 Å². The van der Waals surface area contributed by atoms with Crippen LogP contribution in [0.4, 0.5) is 0 Å². The maximum Gasteiger partial charge on any atom is 0.233 e. The zero-order chi connectivity index (χ0) is 16.4. The van der Waals surface area contributed by atoms with Gasteiger partial charge < -0.3 is 9.80 Å². The maximum atomic E-state index is 13.0. The van der Waals surface area contributed by atoms with Crippen LogP contribution in [-0.4, -0.2) is 41.2 Å². The second kappa shape index (κ2) is 4.71. The van der Waals surface area contributed by atoms with Gasteiger partial charge in [-0.05, 0) is 11.6 Å². The minimum Gasteiger partial charge on any atom is -0.330 e. The smallest absolute Gasteiger partial charge is 0.233 e. The summed E-state index contributed by atoms with van der Waals surface area (Å²) in [5.41, 5.74) is 0.995. The van der Waals surface area contributed by atoms with Gasteiger partial charge in [0.2, 0.25) is 11.8 Å². The van der Waals surface area contributed by atoms with Gasteiger partial charge >= 0.3 is 0 Å². The number of benzene rings is 1. The number of rotatable bonds is 1. The molecule has 3 unspecified atom stereocenters. The third kappa shape index (κ3) is 1.67. The second-order valence-corrected chi connectivity index (χ2v) is 6.86. The first kappa shape index (κ1) is 14.5. The number of likely N-dealkylation sites (tertiary alicyclic amines) is 2. The van der Waals surface area contributed by atoms with Crippen molar-refractivity contribution in [1.29, 1.82) is 0 Å². The van der Waals surface area contributed by atoms with Crippen LogP contribution in [-0.2, 0) is 9.59 Å². The van der Waals surface area contributed by atoms with Gasteiger partial charge in [0.05, 0.1) is 11.8 Å². The van der Waals surface area contributed by atoms with Crippen LogP contribution in [0.15, 0.2) is 53.2 Å². The van der Waals surface area contributed by atoms with E-state index in [-0.39, 0.29) is 11.8 Å². The summed E-state index contributed by atoms with van der Waals surface area (Å²) in [6.45, 7) is 0. The van der Waals surface area contributed by atoms with E-state index in [1.54, 1.807) is 23.9 Å². The third-order valence-corrected chi connectivity index (χ3v) is 5.62. The Kier molecular flexibility index (Phi) is 2.97. The molecule has 4 rings (SSSR count). The quantitative estimate of drug-likeness (QED) is 0.794. The summed E-state index contributed by atoms with van der Waals surface area (Å²) in [5.74, 6) is -0.991. The Balaban J connectivity index is 1.95. The van der Waals surface area contributed by atoms with E-state index < -0.39 is 17.4 Å². The molecule has 3 aliphatic rings. The molecule has 0 bridgehead atoms. The molecule has 2 aliphatic heterocycles. The van der Waals surface area contributed by atoms with Crippen LogP contribution >= 0.6 is 11.6 Å². The highest BCUT2D eigenvalue weighted by Crippen LogP contribution is 2.56. The molecule has 2 saturated heterocycles. The van der Waals surface area contributed by atoms with Crippen LogP contribution in [0.25, 0.3) is 0 Å². The Labute approximate surface area is 140 Å². The molecule has 23 heavy (non-hydrogen) atoms. The van der Waals surface area contributed by atoms with E-state index >= 15 is 0 Å². The van der Waals surface area contributed by atoms with Gasteiger partial charge in [0.25, 0.3) is 0 Å². The van der Waals surface area contributed by atoms with Crippen molar-refractivity contribution >= 4 is 23.4 Å². The van der Waals surface area contributed by atoms with Gasteiger partial charge in [0.1, 0.15) is 5.54 Å². The van der Waals surface area contributed by atoms with Crippen LogP contribution < -0.4 is 0 Å². The molecule has 2 amide bonds. The summed E-state index contributed by atoms with van der Waals surface area (Å²) in [7, 11) is 3.55. The molecule has 1 spiro atoms. The highest BCUT2D eigenvalue weighted by Gasteiger charge is 2.67. The molecule has 0 saturated carbocycles. The fraction of sp³-hybridized carbons (Fsp3) is 0.333. The van der Waals surface area contributed by atoms with Crippen LogP contribution in [0.2, 0.25) is 0 Å². The molecule has 1 aromatic rings. The zero-order valence-electron chi connectivity index (χ0n) is 13.0. The van der Waals surface area contributed by atoms with E-state index in [1.807, 2.05) is 42.5 Å². The predicted molar refractivity (Wildman–Crippen MR) is 87.6 cm³/mol. The molecule has 118 valence electrons. The largest absolute Gasteiger partial charge is 0.330 e. The monoisotopic (exact) mass is 328 g/mol. The standard InChI is InChI=1S/C18H17ClN2O2/c1-20-13-9-8-12(19)10-18(13)15(17(20)23)14(16(22)21(18)2)11-6-4-3-5-7-11/h3-7,9-10,14-15H,8H2,1-2H3. The van der Waals surface area contributed by atoms with Crippen LogP contribution in [0.5, 0.6) is 0 Å². The van der Waals surface area contributed by atoms with E-state index in [4.69, 9.17) is 11.6 Å². The van der Waals surface area contributed by atoms with Crippen molar-refractivity contribution in [2.24, 2.45) is 5.92 Å². The number of carbonyl (C=O) groups is 2. The molecule has 1 aliphatic carbocycles. The number of likely N-dealkylation sites (N-methyl/N-ethyl adjacent to an activating group) is 2.